The molecule has 0 heterocycles. The van der Waals surface area contributed by atoms with Gasteiger partial charge in [-0.15, -0.1) is 0 Å². The van der Waals surface area contributed by atoms with Gasteiger partial charge in [-0.25, -0.2) is 67.9 Å². The van der Waals surface area contributed by atoms with Crippen molar-refractivity contribution in [1.82, 2.24) is 0 Å². The molecule has 0 radical (unpaired) electrons. The average molecular weight is 973 g/mol. The van der Waals surface area contributed by atoms with E-state index in [1.54, 1.807) is 0 Å². The lowest BCUT2D eigenvalue weighted by molar-refractivity contribution is -0.516. The van der Waals surface area contributed by atoms with Gasteiger partial charge in [-0.1, -0.05) is 39.5 Å². The number of rotatable bonds is 19. The van der Waals surface area contributed by atoms with E-state index in [0.717, 1.165) is 0 Å². The van der Waals surface area contributed by atoms with Crippen molar-refractivity contribution in [2.24, 2.45) is 11.8 Å². The first-order valence-electron chi connectivity index (χ1n) is 18.9. The van der Waals surface area contributed by atoms with E-state index in [1.165, 1.54) is 0 Å². The van der Waals surface area contributed by atoms with Gasteiger partial charge in [0.1, 0.15) is 26.4 Å². The molecule has 0 saturated heterocycles. The van der Waals surface area contributed by atoms with Crippen LogP contribution in [0.5, 0.6) is 0 Å². The summed E-state index contributed by atoms with van der Waals surface area (Å²) in [6, 6.07) is 0. The Balaban J connectivity index is 2.49. The molecule has 0 aromatic heterocycles. The largest absolute Gasteiger partial charge is 0.462 e. The second-order valence-corrected chi connectivity index (χ2v) is 15.9. The van der Waals surface area contributed by atoms with Crippen molar-refractivity contribution in [1.29, 1.82) is 0 Å². The third kappa shape index (κ3) is 6.20. The first-order valence-corrected chi connectivity index (χ1v) is 18.9. The van der Waals surface area contributed by atoms with Crippen LogP contribution in [0.4, 0.5) is 61.5 Å². The summed E-state index contributed by atoms with van der Waals surface area (Å²) >= 11 is 0. The van der Waals surface area contributed by atoms with Gasteiger partial charge in [-0.2, -0.15) is 17.6 Å². The van der Waals surface area contributed by atoms with Gasteiger partial charge >= 0.3 is 41.7 Å². The molecule has 12 atom stereocenters. The van der Waals surface area contributed by atoms with Crippen LogP contribution in [-0.2, 0) is 52.5 Å². The normalized spacial score (nSPS) is 41.2. The molecule has 12 unspecified atom stereocenters. The molecule has 25 heteroatoms. The predicted octanol–water partition coefficient (Wildman–Crippen LogP) is 6.59. The third-order valence-electron chi connectivity index (χ3n) is 12.9. The van der Waals surface area contributed by atoms with Crippen molar-refractivity contribution in [3.63, 3.8) is 0 Å². The predicted molar refractivity (Wildman–Crippen MR) is 195 cm³/mol. The summed E-state index contributed by atoms with van der Waals surface area (Å²) in [6.45, 7) is 1.85. The highest BCUT2D eigenvalue weighted by Crippen LogP contribution is 2.87. The summed E-state index contributed by atoms with van der Waals surface area (Å²) < 4.78 is 278. The molecule has 0 spiro atoms. The molecule has 66 heavy (non-hydrogen) atoms. The summed E-state index contributed by atoms with van der Waals surface area (Å²) in [5, 5.41) is 0. The number of alkyl halides is 14. The van der Waals surface area contributed by atoms with Crippen LogP contribution >= 0.6 is 0 Å². The van der Waals surface area contributed by atoms with Crippen LogP contribution in [-0.4, -0.2) is 137 Å². The van der Waals surface area contributed by atoms with Crippen molar-refractivity contribution in [2.75, 3.05) is 33.0 Å². The van der Waals surface area contributed by atoms with E-state index in [0.29, 0.717) is 6.08 Å². The van der Waals surface area contributed by atoms with Crippen LogP contribution in [0.25, 0.3) is 0 Å². The van der Waals surface area contributed by atoms with Crippen LogP contribution in [0.3, 0.4) is 0 Å². The van der Waals surface area contributed by atoms with Gasteiger partial charge in [0.2, 0.25) is 34.0 Å². The van der Waals surface area contributed by atoms with E-state index < -0.39 is 175 Å². The first-order chi connectivity index (χ1) is 30.2. The number of ketones is 1. The Morgan fingerprint density at radius 2 is 0.727 bits per heavy atom. The molecular formula is C41H38F14O11. The van der Waals surface area contributed by atoms with Gasteiger partial charge in [0.05, 0.1) is 6.61 Å². The van der Waals surface area contributed by atoms with Gasteiger partial charge in [-0.05, 0) is 12.5 Å². The Labute approximate surface area is 364 Å². The fourth-order valence-corrected chi connectivity index (χ4v) is 9.92. The van der Waals surface area contributed by atoms with Crippen LogP contribution < -0.4 is 0 Å². The Morgan fingerprint density at radius 3 is 1.05 bits per heavy atom. The fourth-order valence-electron chi connectivity index (χ4n) is 9.92. The molecule has 0 bridgehead atoms. The third-order valence-corrected chi connectivity index (χ3v) is 12.9. The van der Waals surface area contributed by atoms with Gasteiger partial charge in [-0.3, -0.25) is 4.79 Å². The quantitative estimate of drug-likeness (QED) is 0.0598. The number of hydrogen-bond donors (Lipinski definition) is 0. The first kappa shape index (κ1) is 53.1. The van der Waals surface area contributed by atoms with Crippen LogP contribution in [0, 0.1) is 11.8 Å². The summed E-state index contributed by atoms with van der Waals surface area (Å²) in [6.07, 6.45) is -9.81. The molecule has 4 saturated carbocycles. The molecular weight excluding hydrogens is 934 g/mol. The van der Waals surface area contributed by atoms with Gasteiger partial charge in [0, 0.05) is 61.5 Å². The number of esters is 5. The van der Waals surface area contributed by atoms with E-state index in [9.17, 15) is 28.8 Å². The van der Waals surface area contributed by atoms with Crippen molar-refractivity contribution in [3.8, 4) is 0 Å². The molecule has 11 nitrogen and oxygen atoms in total. The topological polar surface area (TPSA) is 149 Å². The number of carbonyl (C=O) groups excluding carboxylic acids is 6. The monoisotopic (exact) mass is 972 g/mol. The highest BCUT2D eigenvalue weighted by molar-refractivity contribution is 5.89. The van der Waals surface area contributed by atoms with Crippen LogP contribution in [0.2, 0.25) is 0 Å². The smallest absolute Gasteiger partial charge is 0.330 e. The van der Waals surface area contributed by atoms with E-state index in [2.05, 4.69) is 63.2 Å². The van der Waals surface area contributed by atoms with Crippen molar-refractivity contribution in [3.05, 3.63) is 75.9 Å². The Bertz CT molecular complexity index is 2000. The number of ether oxygens (including phenoxy) is 5. The average Bonchev–Trinajstić information content (AvgIpc) is 3.27. The SMILES string of the molecule is C=CC(=O)CCC1C(COC(=O)C=C)C2(F)CC(F)(COC(=O)C=C)C(F)(F)C3(F)C(F)(COC(=O)C=C)C(F)(COC(=O)C=C)C4(F)C(F)(F)C(F)(COC(=O)C=C)CC1(F)C4(F)C23F. The van der Waals surface area contributed by atoms with E-state index in [1.807, 2.05) is 0 Å². The summed E-state index contributed by atoms with van der Waals surface area (Å²) in [7, 11) is 0. The second kappa shape index (κ2) is 16.7. The highest BCUT2D eigenvalue weighted by atomic mass is 19.3. The van der Waals surface area contributed by atoms with Crippen molar-refractivity contribution >= 4 is 35.6 Å². The minimum atomic E-state index is -7.61. The maximum Gasteiger partial charge on any atom is 0.330 e. The minimum absolute atomic E-state index is 0.0610. The summed E-state index contributed by atoms with van der Waals surface area (Å²) in [5.41, 5.74) is -67.4. The Hall–Kier alpha value is -5.52. The number of hydrogen-bond acceptors (Lipinski definition) is 11. The van der Waals surface area contributed by atoms with Gasteiger partial charge in [0.25, 0.3) is 11.3 Å². The maximum absolute atomic E-state index is 19.3. The molecule has 4 rings (SSSR count). The molecule has 0 aromatic carbocycles. The number of halogens is 14. The standard InChI is InChI=1S/C41H38F14O11/c1-7-22(56)13-14-23-24(15-62-25(57)8-2)33(45)17-31(43,19-64-27(59)10-4)41(54,55)39(51)35(47,21-66-29(61)12-6)34(46,20-65-28(60)11-5)38(50)36(48,37(33,39)49)32(23,44)16-30(42,40(38,52)53)18-63-26(58)9-3/h7-12,23-24H,1-6,13-21H2. The molecule has 0 amide bonds. The van der Waals surface area contributed by atoms with E-state index >= 15 is 61.5 Å². The van der Waals surface area contributed by atoms with Crippen molar-refractivity contribution < 1.29 is 114 Å². The lowest BCUT2D eigenvalue weighted by atomic mass is 9.29. The molecule has 0 aromatic rings. The summed E-state index contributed by atoms with van der Waals surface area (Å²) in [5.74, 6) is -33.9. The van der Waals surface area contributed by atoms with Crippen molar-refractivity contribution in [2.45, 2.75) is 94.2 Å². The lowest BCUT2D eigenvalue weighted by Gasteiger charge is -2.79. The number of allylic oxidation sites excluding steroid dienone is 1. The zero-order chi connectivity index (χ0) is 50.8. The lowest BCUT2D eigenvalue weighted by Crippen LogP contribution is -3.07. The highest BCUT2D eigenvalue weighted by Gasteiger charge is 3.14. The maximum atomic E-state index is 19.3. The molecule has 0 aliphatic heterocycles. The second-order valence-electron chi connectivity index (χ2n) is 15.9. The zero-order valence-corrected chi connectivity index (χ0v) is 34.0. The molecule has 4 aliphatic carbocycles. The Kier molecular flexibility index (Phi) is 13.4. The van der Waals surface area contributed by atoms with Crippen LogP contribution in [0.15, 0.2) is 75.9 Å². The number of carbonyl (C=O) groups is 6. The summed E-state index contributed by atoms with van der Waals surface area (Å²) in [4.78, 5) is 73.8. The molecule has 4 aliphatic rings. The molecule has 4 fully saturated rings. The minimum Gasteiger partial charge on any atom is -0.462 e. The molecule has 366 valence electrons. The van der Waals surface area contributed by atoms with Gasteiger partial charge < -0.3 is 23.7 Å². The zero-order valence-electron chi connectivity index (χ0n) is 34.0. The van der Waals surface area contributed by atoms with E-state index in [-0.39, 0.29) is 30.4 Å². The van der Waals surface area contributed by atoms with E-state index in [4.69, 9.17) is 0 Å². The van der Waals surface area contributed by atoms with Gasteiger partial charge in [0.15, 0.2) is 17.1 Å². The Morgan fingerprint density at radius 1 is 0.424 bits per heavy atom. The molecule has 0 N–H and O–H groups in total. The van der Waals surface area contributed by atoms with Crippen LogP contribution in [0.1, 0.15) is 25.7 Å². The fraction of sp³-hybridized carbons (Fsp3) is 0.561.